The third-order valence-electron chi connectivity index (χ3n) is 2.07. The summed E-state index contributed by atoms with van der Waals surface area (Å²) in [6.07, 6.45) is -0.0308. The first kappa shape index (κ1) is 10.2. The van der Waals surface area contributed by atoms with E-state index < -0.39 is 5.82 Å². The van der Waals surface area contributed by atoms with Gasteiger partial charge in [0, 0.05) is 11.6 Å². The van der Waals surface area contributed by atoms with Gasteiger partial charge < -0.3 is 9.47 Å². The summed E-state index contributed by atoms with van der Waals surface area (Å²) < 4.78 is 24.6. The largest absolute Gasteiger partial charge is 0.486 e. The average Bonchev–Trinajstić information content (AvgIpc) is 2.25. The molecule has 3 nitrogen and oxygen atoms in total. The molecule has 0 bridgehead atoms. The molecule has 0 amide bonds. The molecule has 1 aliphatic rings. The van der Waals surface area contributed by atoms with Crippen molar-refractivity contribution < 1.29 is 13.9 Å². The van der Waals surface area contributed by atoms with Crippen LogP contribution in [0, 0.1) is 17.1 Å². The summed E-state index contributed by atoms with van der Waals surface area (Å²) >= 11 is 3.08. The highest BCUT2D eigenvalue weighted by molar-refractivity contribution is 9.10. The first-order valence-electron chi connectivity index (χ1n) is 4.37. The van der Waals surface area contributed by atoms with Crippen molar-refractivity contribution in [3.63, 3.8) is 0 Å². The third-order valence-corrected chi connectivity index (χ3v) is 2.65. The van der Waals surface area contributed by atoms with Crippen molar-refractivity contribution in [2.75, 3.05) is 13.2 Å². The number of rotatable bonds is 1. The maximum absolute atomic E-state index is 13.6. The van der Waals surface area contributed by atoms with E-state index >= 15 is 0 Å². The lowest BCUT2D eigenvalue weighted by Gasteiger charge is -2.21. The Balaban J connectivity index is 2.58. The molecule has 0 atom stereocenters. The van der Waals surface area contributed by atoms with Crippen molar-refractivity contribution in [2.24, 2.45) is 0 Å². The zero-order valence-corrected chi connectivity index (χ0v) is 9.30. The zero-order chi connectivity index (χ0) is 10.8. The Kier molecular flexibility index (Phi) is 2.78. The molecule has 0 radical (unpaired) electrons. The normalized spacial score (nSPS) is 13.4. The van der Waals surface area contributed by atoms with Gasteiger partial charge in [-0.3, -0.25) is 0 Å². The van der Waals surface area contributed by atoms with Crippen LogP contribution in [0.2, 0.25) is 0 Å². The topological polar surface area (TPSA) is 42.2 Å². The van der Waals surface area contributed by atoms with Crippen LogP contribution in [-0.4, -0.2) is 13.2 Å². The Labute approximate surface area is 94.5 Å². The van der Waals surface area contributed by atoms with Gasteiger partial charge in [-0.25, -0.2) is 4.39 Å². The van der Waals surface area contributed by atoms with Crippen molar-refractivity contribution in [1.82, 2.24) is 0 Å². The van der Waals surface area contributed by atoms with E-state index in [4.69, 9.17) is 14.7 Å². The monoisotopic (exact) mass is 271 g/mol. The number of ether oxygens (including phenoxy) is 2. The van der Waals surface area contributed by atoms with E-state index in [1.54, 1.807) is 0 Å². The highest BCUT2D eigenvalue weighted by atomic mass is 79.9. The van der Waals surface area contributed by atoms with Crippen LogP contribution in [-0.2, 0) is 6.42 Å². The summed E-state index contributed by atoms with van der Waals surface area (Å²) in [5, 5.41) is 8.61. The summed E-state index contributed by atoms with van der Waals surface area (Å²) in [6, 6.07) is 3.42. The van der Waals surface area contributed by atoms with Crippen molar-refractivity contribution in [3.05, 3.63) is 21.9 Å². The third kappa shape index (κ3) is 1.77. The number of hydrogen-bond donors (Lipinski definition) is 0. The molecular weight excluding hydrogens is 265 g/mol. The first-order valence-corrected chi connectivity index (χ1v) is 5.16. The number of fused-ring (bicyclic) bond motifs is 1. The van der Waals surface area contributed by atoms with Crippen LogP contribution < -0.4 is 9.47 Å². The van der Waals surface area contributed by atoms with E-state index in [2.05, 4.69) is 15.9 Å². The lowest BCUT2D eigenvalue weighted by Crippen LogP contribution is -2.17. The molecule has 0 saturated heterocycles. The highest BCUT2D eigenvalue weighted by Gasteiger charge is 2.21. The van der Waals surface area contributed by atoms with Crippen LogP contribution in [0.5, 0.6) is 11.5 Å². The minimum atomic E-state index is -0.458. The van der Waals surface area contributed by atoms with Crippen LogP contribution in [0.25, 0.3) is 0 Å². The molecule has 0 spiro atoms. The van der Waals surface area contributed by atoms with Crippen LogP contribution in [0.1, 0.15) is 5.56 Å². The van der Waals surface area contributed by atoms with Gasteiger partial charge >= 0.3 is 0 Å². The van der Waals surface area contributed by atoms with E-state index in [0.29, 0.717) is 24.7 Å². The van der Waals surface area contributed by atoms with Gasteiger partial charge in [0.25, 0.3) is 0 Å². The van der Waals surface area contributed by atoms with E-state index in [1.165, 1.54) is 6.07 Å². The fourth-order valence-corrected chi connectivity index (χ4v) is 1.88. The Hall–Kier alpha value is -1.28. The number of halogens is 2. The standard InChI is InChI=1S/C10H7BrFNO2/c11-7-5-8-10(15-4-3-14-8)6(1-2-13)9(7)12/h5H,1,3-4H2. The van der Waals surface area contributed by atoms with E-state index in [-0.39, 0.29) is 16.5 Å². The molecule has 15 heavy (non-hydrogen) atoms. The van der Waals surface area contributed by atoms with Gasteiger partial charge in [-0.05, 0) is 15.9 Å². The predicted octanol–water partition coefficient (Wildman–Crippen LogP) is 2.43. The minimum Gasteiger partial charge on any atom is -0.486 e. The molecular formula is C10H7BrFNO2. The van der Waals surface area contributed by atoms with Gasteiger partial charge in [-0.2, -0.15) is 5.26 Å². The Morgan fingerprint density at radius 1 is 1.47 bits per heavy atom. The smallest absolute Gasteiger partial charge is 0.168 e. The highest BCUT2D eigenvalue weighted by Crippen LogP contribution is 2.39. The van der Waals surface area contributed by atoms with Crippen molar-refractivity contribution >= 4 is 15.9 Å². The number of hydrogen-bond acceptors (Lipinski definition) is 3. The summed E-state index contributed by atoms with van der Waals surface area (Å²) in [6.45, 7) is 0.823. The van der Waals surface area contributed by atoms with Crippen LogP contribution >= 0.6 is 15.9 Å². The van der Waals surface area contributed by atoms with Crippen LogP contribution in [0.3, 0.4) is 0 Å². The van der Waals surface area contributed by atoms with Crippen molar-refractivity contribution in [1.29, 1.82) is 5.26 Å². The van der Waals surface area contributed by atoms with Gasteiger partial charge in [0.15, 0.2) is 11.5 Å². The second kappa shape index (κ2) is 4.07. The second-order valence-corrected chi connectivity index (χ2v) is 3.86. The molecule has 1 aliphatic heterocycles. The van der Waals surface area contributed by atoms with Gasteiger partial charge in [-0.1, -0.05) is 0 Å². The van der Waals surface area contributed by atoms with Gasteiger partial charge in [0.1, 0.15) is 19.0 Å². The Morgan fingerprint density at radius 2 is 2.20 bits per heavy atom. The lowest BCUT2D eigenvalue weighted by molar-refractivity contribution is 0.169. The van der Waals surface area contributed by atoms with Crippen LogP contribution in [0.4, 0.5) is 4.39 Å². The summed E-state index contributed by atoms with van der Waals surface area (Å²) in [5.74, 6) is 0.379. The molecule has 1 heterocycles. The molecule has 78 valence electrons. The summed E-state index contributed by atoms with van der Waals surface area (Å²) in [7, 11) is 0. The molecule has 2 rings (SSSR count). The minimum absolute atomic E-state index is 0.0308. The molecule has 0 aliphatic carbocycles. The maximum Gasteiger partial charge on any atom is 0.168 e. The molecule has 1 aromatic rings. The fourth-order valence-electron chi connectivity index (χ4n) is 1.43. The molecule has 1 aromatic carbocycles. The number of benzene rings is 1. The van der Waals surface area contributed by atoms with E-state index in [9.17, 15) is 4.39 Å². The molecule has 0 unspecified atom stereocenters. The lowest BCUT2D eigenvalue weighted by atomic mass is 10.1. The Bertz CT molecular complexity index is 442. The van der Waals surface area contributed by atoms with Gasteiger partial charge in [-0.15, -0.1) is 0 Å². The van der Waals surface area contributed by atoms with E-state index in [0.717, 1.165) is 0 Å². The SMILES string of the molecule is N#CCc1c(F)c(Br)cc2c1OCCO2. The number of nitrogens with zero attached hydrogens (tertiary/aromatic N) is 1. The summed E-state index contributed by atoms with van der Waals surface area (Å²) in [4.78, 5) is 0. The quantitative estimate of drug-likeness (QED) is 0.788. The van der Waals surface area contributed by atoms with E-state index in [1.807, 2.05) is 6.07 Å². The molecule has 0 aromatic heterocycles. The second-order valence-electron chi connectivity index (χ2n) is 3.01. The van der Waals surface area contributed by atoms with Crippen LogP contribution in [0.15, 0.2) is 10.5 Å². The molecule has 0 N–H and O–H groups in total. The molecule has 0 saturated carbocycles. The van der Waals surface area contributed by atoms with Crippen molar-refractivity contribution in [3.8, 4) is 17.6 Å². The average molecular weight is 272 g/mol. The maximum atomic E-state index is 13.6. The fraction of sp³-hybridized carbons (Fsp3) is 0.300. The first-order chi connectivity index (χ1) is 7.24. The zero-order valence-electron chi connectivity index (χ0n) is 7.72. The van der Waals surface area contributed by atoms with Crippen molar-refractivity contribution in [2.45, 2.75) is 6.42 Å². The molecule has 5 heteroatoms. The van der Waals surface area contributed by atoms with Gasteiger partial charge in [0.2, 0.25) is 0 Å². The molecule has 0 fully saturated rings. The summed E-state index contributed by atoms with van der Waals surface area (Å²) in [5.41, 5.74) is 0.251. The predicted molar refractivity (Wildman–Crippen MR) is 54.4 cm³/mol. The Morgan fingerprint density at radius 3 is 2.93 bits per heavy atom. The van der Waals surface area contributed by atoms with Gasteiger partial charge in [0.05, 0.1) is 17.0 Å². The number of nitriles is 1.